The highest BCUT2D eigenvalue weighted by atomic mass is 32.2. The number of rotatable bonds is 7. The molecule has 2 atom stereocenters. The highest BCUT2D eigenvalue weighted by molar-refractivity contribution is 7.91. The lowest BCUT2D eigenvalue weighted by Gasteiger charge is -2.43. The molecule has 0 bridgehead atoms. The van der Waals surface area contributed by atoms with Crippen LogP contribution in [0.1, 0.15) is 24.5 Å². The van der Waals surface area contributed by atoms with Crippen molar-refractivity contribution in [2.45, 2.75) is 30.1 Å². The van der Waals surface area contributed by atoms with Crippen LogP contribution in [0.2, 0.25) is 0 Å². The Balaban J connectivity index is 2.83. The van der Waals surface area contributed by atoms with Crippen LogP contribution in [-0.2, 0) is 15.3 Å². The third-order valence-electron chi connectivity index (χ3n) is 4.71. The summed E-state index contributed by atoms with van der Waals surface area (Å²) in [5.41, 5.74) is 0.281. The van der Waals surface area contributed by atoms with E-state index >= 15 is 0 Å². The summed E-state index contributed by atoms with van der Waals surface area (Å²) in [6.45, 7) is 1.40. The molecule has 0 aromatic heterocycles. The van der Waals surface area contributed by atoms with E-state index in [1.165, 1.54) is 6.26 Å². The molecule has 0 saturated carbocycles. The smallest absolute Gasteiger partial charge is 0.151 e. The molecule has 4 nitrogen and oxygen atoms in total. The van der Waals surface area contributed by atoms with E-state index in [9.17, 15) is 18.6 Å². The molecule has 130 valence electrons. The summed E-state index contributed by atoms with van der Waals surface area (Å²) < 4.78 is 24.9. The maximum absolute atomic E-state index is 12.5. The molecule has 2 unspecified atom stereocenters. The van der Waals surface area contributed by atoms with Crippen molar-refractivity contribution >= 4 is 9.84 Å². The lowest BCUT2D eigenvalue weighted by atomic mass is 9.67. The topological polar surface area (TPSA) is 74.6 Å². The second kappa shape index (κ2) is 7.47. The molecular weight excluding hydrogens is 324 g/mol. The fraction of sp³-hybridized carbons (Fsp3) is 0.368. The number of aliphatic hydroxyl groups is 2. The molecule has 0 radical (unpaired) electrons. The third-order valence-corrected chi connectivity index (χ3v) is 6.37. The molecule has 0 aliphatic heterocycles. The number of sulfone groups is 1. The zero-order chi connectivity index (χ0) is 17.8. The summed E-state index contributed by atoms with van der Waals surface area (Å²) in [6, 6.07) is 18.3. The van der Waals surface area contributed by atoms with Gasteiger partial charge in [0, 0.05) is 12.9 Å². The number of aliphatic hydroxyl groups excluding tert-OH is 2. The lowest BCUT2D eigenvalue weighted by molar-refractivity contribution is 0.0727. The minimum absolute atomic E-state index is 0.0870. The number of hydrogen-bond acceptors (Lipinski definition) is 4. The van der Waals surface area contributed by atoms with Gasteiger partial charge in [0.15, 0.2) is 9.84 Å². The van der Waals surface area contributed by atoms with E-state index in [4.69, 9.17) is 0 Å². The minimum Gasteiger partial charge on any atom is -0.396 e. The summed E-state index contributed by atoms with van der Waals surface area (Å²) in [6.07, 6.45) is 0.227. The normalized spacial score (nSPS) is 15.0. The molecule has 5 heteroatoms. The largest absolute Gasteiger partial charge is 0.396 e. The summed E-state index contributed by atoms with van der Waals surface area (Å²) in [5.74, 6) is 0. The van der Waals surface area contributed by atoms with Crippen molar-refractivity contribution in [3.05, 3.63) is 71.8 Å². The zero-order valence-corrected chi connectivity index (χ0v) is 14.8. The van der Waals surface area contributed by atoms with E-state index in [0.717, 1.165) is 11.1 Å². The summed E-state index contributed by atoms with van der Waals surface area (Å²) in [5, 5.41) is 19.5. The molecule has 2 aromatic rings. The molecule has 24 heavy (non-hydrogen) atoms. The Bertz CT molecular complexity index is 702. The second-order valence-electron chi connectivity index (χ2n) is 6.10. The van der Waals surface area contributed by atoms with Gasteiger partial charge in [-0.3, -0.25) is 0 Å². The van der Waals surface area contributed by atoms with Crippen LogP contribution < -0.4 is 0 Å². The zero-order valence-electron chi connectivity index (χ0n) is 14.0. The maximum Gasteiger partial charge on any atom is 0.151 e. The Hall–Kier alpha value is -1.69. The van der Waals surface area contributed by atoms with Gasteiger partial charge in [-0.1, -0.05) is 60.7 Å². The Morgan fingerprint density at radius 3 is 1.71 bits per heavy atom. The number of hydrogen-bond donors (Lipinski definition) is 2. The highest BCUT2D eigenvalue weighted by Gasteiger charge is 2.49. The molecule has 2 rings (SSSR count). The maximum atomic E-state index is 12.5. The lowest BCUT2D eigenvalue weighted by Crippen LogP contribution is -2.52. The van der Waals surface area contributed by atoms with Gasteiger partial charge in [-0.05, 0) is 24.5 Å². The van der Waals surface area contributed by atoms with Gasteiger partial charge in [0.05, 0.1) is 16.8 Å². The van der Waals surface area contributed by atoms with Crippen LogP contribution in [0.4, 0.5) is 0 Å². The molecular formula is C19H24O4S. The Morgan fingerprint density at radius 1 is 0.958 bits per heavy atom. The van der Waals surface area contributed by atoms with Gasteiger partial charge in [-0.15, -0.1) is 0 Å². The average Bonchev–Trinajstić information content (AvgIpc) is 2.57. The molecule has 2 aromatic carbocycles. The van der Waals surface area contributed by atoms with Gasteiger partial charge in [-0.2, -0.15) is 0 Å². The van der Waals surface area contributed by atoms with Crippen LogP contribution in [-0.4, -0.2) is 42.8 Å². The molecule has 0 spiro atoms. The Morgan fingerprint density at radius 2 is 1.38 bits per heavy atom. The SMILES string of the molecule is CC(C(c1ccccc1)(c1ccccc1)C(O)CCO)S(C)(=O)=O. The van der Waals surface area contributed by atoms with Crippen molar-refractivity contribution in [3.63, 3.8) is 0 Å². The van der Waals surface area contributed by atoms with Crippen molar-refractivity contribution in [1.29, 1.82) is 0 Å². The van der Waals surface area contributed by atoms with Crippen molar-refractivity contribution in [2.75, 3.05) is 12.9 Å². The highest BCUT2D eigenvalue weighted by Crippen LogP contribution is 2.42. The monoisotopic (exact) mass is 348 g/mol. The van der Waals surface area contributed by atoms with Gasteiger partial charge in [0.25, 0.3) is 0 Å². The van der Waals surface area contributed by atoms with Crippen LogP contribution >= 0.6 is 0 Å². The molecule has 0 fully saturated rings. The molecule has 0 saturated heterocycles. The summed E-state index contributed by atoms with van der Waals surface area (Å²) in [7, 11) is -3.46. The minimum atomic E-state index is -3.46. The predicted molar refractivity (Wildman–Crippen MR) is 95.7 cm³/mol. The summed E-state index contributed by atoms with van der Waals surface area (Å²) in [4.78, 5) is 0. The fourth-order valence-corrected chi connectivity index (χ4v) is 4.51. The van der Waals surface area contributed by atoms with E-state index in [2.05, 4.69) is 0 Å². The molecule has 0 amide bonds. The molecule has 0 heterocycles. The van der Waals surface area contributed by atoms with Gasteiger partial charge in [0.2, 0.25) is 0 Å². The third kappa shape index (κ3) is 3.38. The quantitative estimate of drug-likeness (QED) is 0.804. The van der Waals surface area contributed by atoms with Crippen molar-refractivity contribution < 1.29 is 18.6 Å². The van der Waals surface area contributed by atoms with E-state index in [0.29, 0.717) is 0 Å². The molecule has 2 N–H and O–H groups in total. The van der Waals surface area contributed by atoms with E-state index < -0.39 is 26.6 Å². The standard InChI is InChI=1S/C19H24O4S/c1-15(24(2,22)23)19(18(21)13-14-20,16-9-5-3-6-10-16)17-11-7-4-8-12-17/h3-12,15,18,20-21H,13-14H2,1-2H3. The van der Waals surface area contributed by atoms with Gasteiger partial charge in [0.1, 0.15) is 0 Å². The van der Waals surface area contributed by atoms with Crippen molar-refractivity contribution in [2.24, 2.45) is 0 Å². The predicted octanol–water partition coefficient (Wildman–Crippen LogP) is 2.15. The first-order chi connectivity index (χ1) is 11.3. The van der Waals surface area contributed by atoms with Crippen molar-refractivity contribution in [3.8, 4) is 0 Å². The first kappa shape index (κ1) is 18.6. The summed E-state index contributed by atoms with van der Waals surface area (Å²) >= 11 is 0. The van der Waals surface area contributed by atoms with Crippen molar-refractivity contribution in [1.82, 2.24) is 0 Å². The van der Waals surface area contributed by atoms with E-state index in [1.807, 2.05) is 60.7 Å². The fourth-order valence-electron chi connectivity index (χ4n) is 3.41. The number of benzene rings is 2. The average molecular weight is 348 g/mol. The van der Waals surface area contributed by atoms with Crippen LogP contribution in [0.25, 0.3) is 0 Å². The van der Waals surface area contributed by atoms with Gasteiger partial charge in [-0.25, -0.2) is 8.42 Å². The van der Waals surface area contributed by atoms with Crippen LogP contribution in [0.5, 0.6) is 0 Å². The van der Waals surface area contributed by atoms with Crippen LogP contribution in [0, 0.1) is 0 Å². The first-order valence-electron chi connectivity index (χ1n) is 7.94. The van der Waals surface area contributed by atoms with Gasteiger partial charge < -0.3 is 10.2 Å². The molecule has 0 aliphatic rings. The van der Waals surface area contributed by atoms with Crippen LogP contribution in [0.3, 0.4) is 0 Å². The first-order valence-corrected chi connectivity index (χ1v) is 9.89. The van der Waals surface area contributed by atoms with E-state index in [-0.39, 0.29) is 13.0 Å². The second-order valence-corrected chi connectivity index (χ2v) is 8.47. The van der Waals surface area contributed by atoms with E-state index in [1.54, 1.807) is 6.92 Å². The molecule has 0 aliphatic carbocycles. The Kier molecular flexibility index (Phi) is 5.80. The van der Waals surface area contributed by atoms with Crippen LogP contribution in [0.15, 0.2) is 60.7 Å². The van der Waals surface area contributed by atoms with Gasteiger partial charge >= 0.3 is 0 Å². The Labute approximate surface area is 143 Å².